The summed E-state index contributed by atoms with van der Waals surface area (Å²) in [5, 5.41) is 21.7. The first-order valence-electron chi connectivity index (χ1n) is 9.72. The van der Waals surface area contributed by atoms with Gasteiger partial charge in [-0.15, -0.1) is 0 Å². The molecule has 0 unspecified atom stereocenters. The first-order chi connectivity index (χ1) is 12.7. The lowest BCUT2D eigenvalue weighted by Crippen LogP contribution is -2.52. The van der Waals surface area contributed by atoms with E-state index in [0.717, 1.165) is 25.7 Å². The Morgan fingerprint density at radius 1 is 1.33 bits per heavy atom. The average molecular weight is 378 g/mol. The van der Waals surface area contributed by atoms with Crippen molar-refractivity contribution in [1.29, 1.82) is 0 Å². The van der Waals surface area contributed by atoms with Crippen molar-refractivity contribution in [2.24, 2.45) is 5.41 Å². The van der Waals surface area contributed by atoms with E-state index in [1.165, 1.54) is 6.92 Å². The second-order valence-corrected chi connectivity index (χ2v) is 8.52. The first-order valence-corrected chi connectivity index (χ1v) is 9.72. The number of aryl methyl sites for hydroxylation is 1. The zero-order valence-corrected chi connectivity index (χ0v) is 16.6. The Balaban J connectivity index is 1.91. The highest BCUT2D eigenvalue weighted by atomic mass is 16.6. The standard InChI is InChI=1S/C19H30N4O4/c1-12-15(22-27-21-12)9-17(25)23-14(11-20-13(2)24)10-18(3)16(23)7-5-6-8-19(18,4)26/h14,16,26H,5-11H2,1-4H3,(H,20,24)/t14-,16-,18-,19+/m1/s1. The Hall–Kier alpha value is -1.96. The molecular weight excluding hydrogens is 348 g/mol. The van der Waals surface area contributed by atoms with Crippen LogP contribution in [0.4, 0.5) is 0 Å². The van der Waals surface area contributed by atoms with Gasteiger partial charge >= 0.3 is 0 Å². The Morgan fingerprint density at radius 3 is 2.70 bits per heavy atom. The van der Waals surface area contributed by atoms with Gasteiger partial charge in [-0.3, -0.25) is 9.59 Å². The quantitative estimate of drug-likeness (QED) is 0.819. The molecular formula is C19H30N4O4. The zero-order chi connectivity index (χ0) is 19.8. The third-order valence-electron chi connectivity index (χ3n) is 6.69. The molecule has 1 aliphatic carbocycles. The van der Waals surface area contributed by atoms with Gasteiger partial charge in [0.1, 0.15) is 11.4 Å². The highest BCUT2D eigenvalue weighted by Gasteiger charge is 2.59. The number of aromatic nitrogens is 2. The summed E-state index contributed by atoms with van der Waals surface area (Å²) in [5.41, 5.74) is -0.133. The number of aliphatic hydroxyl groups is 1. The maximum absolute atomic E-state index is 13.3. The van der Waals surface area contributed by atoms with Crippen LogP contribution >= 0.6 is 0 Å². The van der Waals surface area contributed by atoms with Gasteiger partial charge in [0.05, 0.1) is 18.1 Å². The van der Waals surface area contributed by atoms with Crippen molar-refractivity contribution in [1.82, 2.24) is 20.5 Å². The molecule has 0 radical (unpaired) electrons. The predicted octanol–water partition coefficient (Wildman–Crippen LogP) is 1.36. The number of carbonyl (C=O) groups excluding carboxylic acids is 2. The number of rotatable bonds is 4. The summed E-state index contributed by atoms with van der Waals surface area (Å²) in [5.74, 6) is -0.182. The van der Waals surface area contributed by atoms with Gasteiger partial charge in [-0.25, -0.2) is 4.63 Å². The minimum Gasteiger partial charge on any atom is -0.390 e. The maximum Gasteiger partial charge on any atom is 0.229 e. The number of likely N-dealkylation sites (tertiary alicyclic amines) is 1. The van der Waals surface area contributed by atoms with Crippen LogP contribution in [0.1, 0.15) is 64.3 Å². The van der Waals surface area contributed by atoms with Gasteiger partial charge in [0.2, 0.25) is 11.8 Å². The molecule has 2 N–H and O–H groups in total. The summed E-state index contributed by atoms with van der Waals surface area (Å²) in [6.45, 7) is 7.60. The lowest BCUT2D eigenvalue weighted by molar-refractivity contribution is -0.137. The summed E-state index contributed by atoms with van der Waals surface area (Å²) in [6, 6.07) is -0.220. The maximum atomic E-state index is 13.3. The van der Waals surface area contributed by atoms with E-state index in [0.29, 0.717) is 24.4 Å². The minimum absolute atomic E-state index is 0.0597. The van der Waals surface area contributed by atoms with E-state index in [1.807, 2.05) is 11.8 Å². The molecule has 2 amide bonds. The van der Waals surface area contributed by atoms with Crippen LogP contribution in [-0.4, -0.2) is 56.4 Å². The van der Waals surface area contributed by atoms with Crippen molar-refractivity contribution in [2.45, 2.75) is 83.9 Å². The van der Waals surface area contributed by atoms with E-state index < -0.39 is 11.0 Å². The van der Waals surface area contributed by atoms with Crippen molar-refractivity contribution in [3.05, 3.63) is 11.4 Å². The van der Waals surface area contributed by atoms with Crippen LogP contribution in [0.5, 0.6) is 0 Å². The van der Waals surface area contributed by atoms with Gasteiger partial charge in [-0.2, -0.15) is 0 Å². The number of amides is 2. The third-order valence-corrected chi connectivity index (χ3v) is 6.69. The fraction of sp³-hybridized carbons (Fsp3) is 0.789. The van der Waals surface area contributed by atoms with Crippen LogP contribution in [0.15, 0.2) is 4.63 Å². The van der Waals surface area contributed by atoms with Gasteiger partial charge in [-0.05, 0) is 33.1 Å². The minimum atomic E-state index is -0.858. The van der Waals surface area contributed by atoms with E-state index in [1.54, 1.807) is 6.92 Å². The van der Waals surface area contributed by atoms with Crippen LogP contribution < -0.4 is 5.32 Å². The SMILES string of the molecule is CC(=O)NC[C@H]1C[C@]2(C)[C@@H](CCCC[C@]2(C)O)N1C(=O)Cc1nonc1C. The Morgan fingerprint density at radius 2 is 2.07 bits per heavy atom. The number of hydrogen-bond acceptors (Lipinski definition) is 6. The summed E-state index contributed by atoms with van der Waals surface area (Å²) in [6.07, 6.45) is 4.26. The van der Waals surface area contributed by atoms with Gasteiger partial charge in [0.15, 0.2) is 0 Å². The molecule has 8 heteroatoms. The first kappa shape index (κ1) is 19.8. The molecule has 1 aromatic heterocycles. The molecule has 1 saturated heterocycles. The molecule has 150 valence electrons. The number of fused-ring (bicyclic) bond motifs is 1. The summed E-state index contributed by atoms with van der Waals surface area (Å²) in [4.78, 5) is 26.6. The molecule has 2 fully saturated rings. The molecule has 2 heterocycles. The summed E-state index contributed by atoms with van der Waals surface area (Å²) >= 11 is 0. The molecule has 27 heavy (non-hydrogen) atoms. The van der Waals surface area contributed by atoms with Crippen molar-refractivity contribution in [3.63, 3.8) is 0 Å². The van der Waals surface area contributed by atoms with Crippen molar-refractivity contribution in [3.8, 4) is 0 Å². The monoisotopic (exact) mass is 378 g/mol. The molecule has 4 atom stereocenters. The molecule has 8 nitrogen and oxygen atoms in total. The van der Waals surface area contributed by atoms with E-state index in [-0.39, 0.29) is 30.3 Å². The molecule has 3 rings (SSSR count). The van der Waals surface area contributed by atoms with Gasteiger partial charge < -0.3 is 15.3 Å². The normalized spacial score (nSPS) is 33.4. The van der Waals surface area contributed by atoms with E-state index in [9.17, 15) is 14.7 Å². The highest BCUT2D eigenvalue weighted by Crippen LogP contribution is 2.53. The lowest BCUT2D eigenvalue weighted by atomic mass is 9.67. The van der Waals surface area contributed by atoms with Gasteiger partial charge in [-0.1, -0.05) is 30.1 Å². The second-order valence-electron chi connectivity index (χ2n) is 8.52. The molecule has 1 aliphatic heterocycles. The molecule has 1 saturated carbocycles. The number of carbonyl (C=O) groups is 2. The zero-order valence-electron chi connectivity index (χ0n) is 16.6. The summed E-state index contributed by atoms with van der Waals surface area (Å²) in [7, 11) is 0. The number of nitrogens with zero attached hydrogens (tertiary/aromatic N) is 3. The lowest BCUT2D eigenvalue weighted by Gasteiger charge is -2.43. The van der Waals surface area contributed by atoms with E-state index in [2.05, 4.69) is 22.6 Å². The average Bonchev–Trinajstić information content (AvgIpc) is 3.08. The van der Waals surface area contributed by atoms with Crippen LogP contribution in [0.25, 0.3) is 0 Å². The van der Waals surface area contributed by atoms with Crippen LogP contribution in [0.3, 0.4) is 0 Å². The Kier molecular flexibility index (Phi) is 5.29. The predicted molar refractivity (Wildman–Crippen MR) is 97.7 cm³/mol. The molecule has 0 aromatic carbocycles. The summed E-state index contributed by atoms with van der Waals surface area (Å²) < 4.78 is 4.73. The van der Waals surface area contributed by atoms with Crippen LogP contribution in [0, 0.1) is 12.3 Å². The fourth-order valence-corrected chi connectivity index (χ4v) is 4.87. The Bertz CT molecular complexity index is 716. The van der Waals surface area contributed by atoms with Gasteiger partial charge in [0, 0.05) is 24.9 Å². The van der Waals surface area contributed by atoms with Crippen molar-refractivity contribution >= 4 is 11.8 Å². The third kappa shape index (κ3) is 3.59. The van der Waals surface area contributed by atoms with Crippen molar-refractivity contribution in [2.75, 3.05) is 6.54 Å². The highest BCUT2D eigenvalue weighted by molar-refractivity contribution is 5.80. The molecule has 1 aromatic rings. The topological polar surface area (TPSA) is 109 Å². The number of nitrogens with one attached hydrogen (secondary N) is 1. The largest absolute Gasteiger partial charge is 0.390 e. The van der Waals surface area contributed by atoms with E-state index >= 15 is 0 Å². The fourth-order valence-electron chi connectivity index (χ4n) is 4.87. The Labute approximate surface area is 159 Å². The second kappa shape index (κ2) is 7.22. The van der Waals surface area contributed by atoms with Gasteiger partial charge in [0.25, 0.3) is 0 Å². The molecule has 2 aliphatic rings. The van der Waals surface area contributed by atoms with Crippen molar-refractivity contribution < 1.29 is 19.3 Å². The van der Waals surface area contributed by atoms with E-state index in [4.69, 9.17) is 4.63 Å². The number of hydrogen-bond donors (Lipinski definition) is 2. The van der Waals surface area contributed by atoms with Crippen LogP contribution in [0.2, 0.25) is 0 Å². The van der Waals surface area contributed by atoms with Crippen LogP contribution in [-0.2, 0) is 16.0 Å². The smallest absolute Gasteiger partial charge is 0.229 e. The molecule has 0 bridgehead atoms. The molecule has 0 spiro atoms.